The highest BCUT2D eigenvalue weighted by Crippen LogP contribution is 2.27. The van der Waals surface area contributed by atoms with Crippen molar-refractivity contribution < 1.29 is 18.6 Å². The Balaban J connectivity index is 2.34. The van der Waals surface area contributed by atoms with Crippen molar-refractivity contribution >= 4 is 10.2 Å². The van der Waals surface area contributed by atoms with Crippen molar-refractivity contribution in [2.75, 3.05) is 0 Å². The van der Waals surface area contributed by atoms with E-state index in [4.69, 9.17) is 5.14 Å². The van der Waals surface area contributed by atoms with Gasteiger partial charge in [0, 0.05) is 6.54 Å². The Labute approximate surface area is 155 Å². The maximum atomic E-state index is 12.2. The van der Waals surface area contributed by atoms with E-state index in [9.17, 15) is 18.6 Å². The summed E-state index contributed by atoms with van der Waals surface area (Å²) in [5.74, 6) is 0.118. The van der Waals surface area contributed by atoms with Gasteiger partial charge in [0.2, 0.25) is 0 Å². The molecule has 142 valence electrons. The van der Waals surface area contributed by atoms with Crippen LogP contribution in [0.2, 0.25) is 0 Å². The van der Waals surface area contributed by atoms with Gasteiger partial charge in [-0.1, -0.05) is 35.4 Å². The Morgan fingerprint density at radius 2 is 1.65 bits per heavy atom. The van der Waals surface area contributed by atoms with Gasteiger partial charge in [0.05, 0.1) is 12.1 Å². The second kappa shape index (κ2) is 7.75. The van der Waals surface area contributed by atoms with Crippen molar-refractivity contribution in [2.24, 2.45) is 5.14 Å². The van der Waals surface area contributed by atoms with Crippen LogP contribution in [0, 0.1) is 20.8 Å². The predicted molar refractivity (Wildman–Crippen MR) is 102 cm³/mol. The molecule has 0 aliphatic carbocycles. The van der Waals surface area contributed by atoms with Crippen LogP contribution < -0.4 is 5.14 Å². The van der Waals surface area contributed by atoms with Crippen LogP contribution in [0.4, 0.5) is 0 Å². The minimum atomic E-state index is -4.04. The van der Waals surface area contributed by atoms with Crippen LogP contribution in [-0.2, 0) is 16.8 Å². The topological polar surface area (TPSA) is 104 Å². The smallest absolute Gasteiger partial charge is 0.277 e. The number of aliphatic hydroxyl groups excluding tert-OH is 1. The summed E-state index contributed by atoms with van der Waals surface area (Å²) >= 11 is 0. The predicted octanol–water partition coefficient (Wildman–Crippen LogP) is 2.45. The van der Waals surface area contributed by atoms with Crippen LogP contribution in [0.3, 0.4) is 0 Å². The van der Waals surface area contributed by atoms with E-state index >= 15 is 0 Å². The van der Waals surface area contributed by atoms with Gasteiger partial charge >= 0.3 is 0 Å². The van der Waals surface area contributed by atoms with Gasteiger partial charge in [-0.2, -0.15) is 12.7 Å². The first-order valence-electron chi connectivity index (χ1n) is 8.33. The first kappa shape index (κ1) is 20.4. The van der Waals surface area contributed by atoms with Crippen molar-refractivity contribution in [1.82, 2.24) is 4.31 Å². The molecule has 4 N–H and O–H groups in total. The summed E-state index contributed by atoms with van der Waals surface area (Å²) in [6.07, 6.45) is -1.08. The number of hydrogen-bond donors (Lipinski definition) is 3. The SMILES string of the molecule is Cc1cc(C)cc(CN([C@@H](C)[C@H](O)c2ccc(O)c(C)c2)S(N)(=O)=O)c1. The van der Waals surface area contributed by atoms with E-state index in [1.807, 2.05) is 32.0 Å². The van der Waals surface area contributed by atoms with Crippen molar-refractivity contribution in [3.63, 3.8) is 0 Å². The lowest BCUT2D eigenvalue weighted by molar-refractivity contribution is 0.0959. The number of nitrogens with zero attached hydrogens (tertiary/aromatic N) is 1. The summed E-state index contributed by atoms with van der Waals surface area (Å²) in [6.45, 7) is 7.27. The summed E-state index contributed by atoms with van der Waals surface area (Å²) in [5.41, 5.74) is 3.97. The Bertz CT molecular complexity index is 876. The second-order valence-corrected chi connectivity index (χ2v) is 8.32. The van der Waals surface area contributed by atoms with E-state index in [0.29, 0.717) is 11.1 Å². The van der Waals surface area contributed by atoms with Gasteiger partial charge in [0.25, 0.3) is 10.2 Å². The fourth-order valence-corrected chi connectivity index (χ4v) is 4.01. The maximum absolute atomic E-state index is 12.2. The largest absolute Gasteiger partial charge is 0.508 e. The van der Waals surface area contributed by atoms with E-state index in [0.717, 1.165) is 21.0 Å². The lowest BCUT2D eigenvalue weighted by Gasteiger charge is -2.30. The normalized spacial score (nSPS) is 14.4. The number of aliphatic hydroxyl groups is 1. The Kier molecular flexibility index (Phi) is 6.08. The number of phenols is 1. The highest BCUT2D eigenvalue weighted by molar-refractivity contribution is 7.86. The van der Waals surface area contributed by atoms with Gasteiger partial charge in [-0.15, -0.1) is 0 Å². The first-order chi connectivity index (χ1) is 12.0. The molecule has 0 saturated heterocycles. The summed E-state index contributed by atoms with van der Waals surface area (Å²) in [5, 5.41) is 25.7. The molecule has 0 fully saturated rings. The lowest BCUT2D eigenvalue weighted by Crippen LogP contribution is -2.45. The first-order valence-corrected chi connectivity index (χ1v) is 9.83. The molecule has 0 radical (unpaired) electrons. The van der Waals surface area contributed by atoms with Crippen LogP contribution in [0.15, 0.2) is 36.4 Å². The number of hydrogen-bond acceptors (Lipinski definition) is 4. The van der Waals surface area contributed by atoms with E-state index in [2.05, 4.69) is 0 Å². The molecular weight excluding hydrogens is 352 g/mol. The number of nitrogens with two attached hydrogens (primary N) is 1. The summed E-state index contributed by atoms with van der Waals surface area (Å²) in [6, 6.07) is 9.70. The number of aryl methyl sites for hydroxylation is 3. The molecule has 0 aliphatic rings. The quantitative estimate of drug-likeness (QED) is 0.718. The maximum Gasteiger partial charge on any atom is 0.277 e. The minimum absolute atomic E-state index is 0.0661. The van der Waals surface area contributed by atoms with Crippen LogP contribution in [-0.4, -0.2) is 29.0 Å². The third-order valence-electron chi connectivity index (χ3n) is 4.42. The molecule has 0 spiro atoms. The van der Waals surface area contributed by atoms with Crippen LogP contribution in [0.5, 0.6) is 5.75 Å². The Morgan fingerprint density at radius 1 is 1.08 bits per heavy atom. The Hall–Kier alpha value is -1.93. The zero-order valence-corrected chi connectivity index (χ0v) is 16.3. The minimum Gasteiger partial charge on any atom is -0.508 e. The monoisotopic (exact) mass is 378 g/mol. The van der Waals surface area contributed by atoms with Crippen LogP contribution >= 0.6 is 0 Å². The highest BCUT2D eigenvalue weighted by atomic mass is 32.2. The summed E-state index contributed by atoms with van der Waals surface area (Å²) < 4.78 is 25.4. The molecule has 2 aromatic rings. The fourth-order valence-electron chi connectivity index (χ4n) is 3.10. The summed E-state index contributed by atoms with van der Waals surface area (Å²) in [4.78, 5) is 0. The van der Waals surface area contributed by atoms with Crippen molar-refractivity contribution in [3.05, 3.63) is 64.2 Å². The molecular formula is C19H26N2O4S. The number of rotatable bonds is 6. The van der Waals surface area contributed by atoms with Gasteiger partial charge in [-0.25, -0.2) is 5.14 Å². The van der Waals surface area contributed by atoms with E-state index in [-0.39, 0.29) is 12.3 Å². The molecule has 0 aliphatic heterocycles. The molecule has 2 aromatic carbocycles. The van der Waals surface area contributed by atoms with Crippen LogP contribution in [0.1, 0.15) is 40.8 Å². The van der Waals surface area contributed by atoms with Crippen molar-refractivity contribution in [1.29, 1.82) is 0 Å². The molecule has 0 unspecified atom stereocenters. The van der Waals surface area contributed by atoms with Gasteiger partial charge < -0.3 is 10.2 Å². The average Bonchev–Trinajstić information content (AvgIpc) is 2.52. The molecule has 0 heterocycles. The number of aromatic hydroxyl groups is 1. The molecule has 0 bridgehead atoms. The molecule has 0 amide bonds. The van der Waals surface area contributed by atoms with Crippen molar-refractivity contribution in [2.45, 2.75) is 46.4 Å². The van der Waals surface area contributed by atoms with Gasteiger partial charge in [0.1, 0.15) is 5.75 Å². The standard InChI is InChI=1S/C19H26N2O4S/c1-12-7-13(2)9-16(8-12)11-21(26(20,24)25)15(4)19(23)17-5-6-18(22)14(3)10-17/h5-10,15,19,22-23H,11H2,1-4H3,(H2,20,24,25)/t15-,19-/m0/s1. The number of benzene rings is 2. The number of phenolic OH excluding ortho intramolecular Hbond substituents is 1. The zero-order valence-electron chi connectivity index (χ0n) is 15.5. The molecule has 0 aromatic heterocycles. The summed E-state index contributed by atoms with van der Waals surface area (Å²) in [7, 11) is -4.04. The Morgan fingerprint density at radius 3 is 2.15 bits per heavy atom. The van der Waals surface area contributed by atoms with Crippen molar-refractivity contribution in [3.8, 4) is 5.75 Å². The van der Waals surface area contributed by atoms with Gasteiger partial charge in [-0.05, 0) is 56.5 Å². The van der Waals surface area contributed by atoms with Crippen LogP contribution in [0.25, 0.3) is 0 Å². The average molecular weight is 378 g/mol. The molecule has 0 saturated carbocycles. The highest BCUT2D eigenvalue weighted by Gasteiger charge is 2.30. The second-order valence-electron chi connectivity index (χ2n) is 6.82. The molecule has 7 heteroatoms. The molecule has 2 atom stereocenters. The molecule has 26 heavy (non-hydrogen) atoms. The molecule has 2 rings (SSSR count). The third-order valence-corrected chi connectivity index (χ3v) is 5.54. The molecule has 6 nitrogen and oxygen atoms in total. The van der Waals surface area contributed by atoms with E-state index < -0.39 is 22.4 Å². The van der Waals surface area contributed by atoms with E-state index in [1.165, 1.54) is 6.07 Å². The van der Waals surface area contributed by atoms with Gasteiger partial charge in [0.15, 0.2) is 0 Å². The fraction of sp³-hybridized carbons (Fsp3) is 0.368. The van der Waals surface area contributed by atoms with Gasteiger partial charge in [-0.3, -0.25) is 0 Å². The van der Waals surface area contributed by atoms with E-state index in [1.54, 1.807) is 26.0 Å². The zero-order chi connectivity index (χ0) is 19.6. The lowest BCUT2D eigenvalue weighted by atomic mass is 10.0. The third kappa shape index (κ3) is 4.82.